The Labute approximate surface area is 144 Å². The van der Waals surface area contributed by atoms with E-state index < -0.39 is 5.97 Å². The van der Waals surface area contributed by atoms with Gasteiger partial charge in [-0.15, -0.1) is 0 Å². The Morgan fingerprint density at radius 1 is 0.958 bits per heavy atom. The van der Waals surface area contributed by atoms with Gasteiger partial charge in [0.25, 0.3) is 0 Å². The molecule has 2 aromatic carbocycles. The predicted octanol–water partition coefficient (Wildman–Crippen LogP) is 5.33. The first-order chi connectivity index (χ1) is 11.1. The van der Waals surface area contributed by atoms with Crippen LogP contribution in [0, 0.1) is 5.41 Å². The van der Waals surface area contributed by atoms with Crippen molar-refractivity contribution in [1.29, 1.82) is 0 Å². The van der Waals surface area contributed by atoms with E-state index >= 15 is 0 Å². The number of carbonyl (C=O) groups is 1. The van der Waals surface area contributed by atoms with Gasteiger partial charge in [0.15, 0.2) is 0 Å². The molecule has 0 aliphatic heterocycles. The molecule has 0 aromatic heterocycles. The van der Waals surface area contributed by atoms with E-state index in [0.29, 0.717) is 5.75 Å². The maximum Gasteiger partial charge on any atom is 0.347 e. The molecule has 0 saturated heterocycles. The number of phenolic OH excluding ortho intramolecular Hbond substituents is 1. The van der Waals surface area contributed by atoms with Crippen molar-refractivity contribution in [1.82, 2.24) is 0 Å². The van der Waals surface area contributed by atoms with Crippen LogP contribution in [0.5, 0.6) is 11.5 Å². The Kier molecular flexibility index (Phi) is 5.02. The van der Waals surface area contributed by atoms with Crippen molar-refractivity contribution in [2.45, 2.75) is 46.5 Å². The molecule has 1 N–H and O–H groups in total. The van der Waals surface area contributed by atoms with Crippen LogP contribution in [0.1, 0.15) is 57.0 Å². The van der Waals surface area contributed by atoms with Crippen LogP contribution in [0.25, 0.3) is 0 Å². The number of hydrogen-bond acceptors (Lipinski definition) is 3. The Morgan fingerprint density at radius 2 is 1.54 bits per heavy atom. The zero-order valence-electron chi connectivity index (χ0n) is 15.1. The molecule has 0 fully saturated rings. The van der Waals surface area contributed by atoms with Gasteiger partial charge in [-0.05, 0) is 47.1 Å². The Morgan fingerprint density at radius 3 is 2.08 bits per heavy atom. The lowest BCUT2D eigenvalue weighted by Gasteiger charge is -2.33. The summed E-state index contributed by atoms with van der Waals surface area (Å²) in [5.74, 6) is -0.168. The highest BCUT2D eigenvalue weighted by Crippen LogP contribution is 2.36. The van der Waals surface area contributed by atoms with Crippen molar-refractivity contribution < 1.29 is 14.6 Å². The van der Waals surface area contributed by atoms with Gasteiger partial charge < -0.3 is 9.84 Å². The molecule has 128 valence electrons. The number of aromatic hydroxyl groups is 1. The third kappa shape index (κ3) is 4.60. The topological polar surface area (TPSA) is 46.5 Å². The van der Waals surface area contributed by atoms with Gasteiger partial charge in [0, 0.05) is 0 Å². The smallest absolute Gasteiger partial charge is 0.347 e. The Hall–Kier alpha value is -2.29. The summed E-state index contributed by atoms with van der Waals surface area (Å²) in [6, 6.07) is 14.0. The van der Waals surface area contributed by atoms with Gasteiger partial charge in [-0.2, -0.15) is 0 Å². The van der Waals surface area contributed by atoms with E-state index in [0.717, 1.165) is 6.42 Å². The summed E-state index contributed by atoms with van der Waals surface area (Å²) in [7, 11) is 0. The van der Waals surface area contributed by atoms with E-state index in [1.807, 2.05) is 12.1 Å². The SMILES string of the molecule is CC(C)(C)CC(C)(C)c1ccc(OC(=O)c2ccccc2O)cc1. The Bertz CT molecular complexity index is 707. The molecule has 2 rings (SSSR count). The summed E-state index contributed by atoms with van der Waals surface area (Å²) < 4.78 is 5.35. The summed E-state index contributed by atoms with van der Waals surface area (Å²) in [5, 5.41) is 9.72. The second kappa shape index (κ2) is 6.68. The van der Waals surface area contributed by atoms with Crippen LogP contribution in [0.15, 0.2) is 48.5 Å². The van der Waals surface area contributed by atoms with Crippen LogP contribution in [-0.4, -0.2) is 11.1 Å². The molecule has 0 saturated carbocycles. The number of benzene rings is 2. The number of phenols is 1. The second-order valence-corrected chi connectivity index (χ2v) is 8.05. The molecule has 2 aromatic rings. The van der Waals surface area contributed by atoms with Gasteiger partial charge in [0.05, 0.1) is 0 Å². The molecule has 3 nitrogen and oxygen atoms in total. The summed E-state index contributed by atoms with van der Waals surface area (Å²) in [6.45, 7) is 11.1. The molecule has 0 aliphatic carbocycles. The number of rotatable bonds is 4. The van der Waals surface area contributed by atoms with E-state index in [-0.39, 0.29) is 22.1 Å². The molecule has 0 unspecified atom stereocenters. The number of para-hydroxylation sites is 1. The summed E-state index contributed by atoms with van der Waals surface area (Å²) in [6.07, 6.45) is 1.05. The minimum Gasteiger partial charge on any atom is -0.507 e. The van der Waals surface area contributed by atoms with Crippen LogP contribution in [-0.2, 0) is 5.41 Å². The molecule has 3 heteroatoms. The molecular formula is C21H26O3. The highest BCUT2D eigenvalue weighted by atomic mass is 16.5. The fraction of sp³-hybridized carbons (Fsp3) is 0.381. The van der Waals surface area contributed by atoms with Crippen LogP contribution in [0.4, 0.5) is 0 Å². The van der Waals surface area contributed by atoms with Crippen molar-refractivity contribution in [2.75, 3.05) is 0 Å². The van der Waals surface area contributed by atoms with Gasteiger partial charge in [-0.1, -0.05) is 58.9 Å². The van der Waals surface area contributed by atoms with Crippen LogP contribution >= 0.6 is 0 Å². The lowest BCUT2D eigenvalue weighted by Crippen LogP contribution is -2.24. The van der Waals surface area contributed by atoms with Crippen molar-refractivity contribution in [3.63, 3.8) is 0 Å². The molecule has 0 heterocycles. The van der Waals surface area contributed by atoms with Gasteiger partial charge in [0.2, 0.25) is 0 Å². The average Bonchev–Trinajstić information content (AvgIpc) is 2.45. The maximum atomic E-state index is 12.1. The number of carbonyl (C=O) groups excluding carboxylic acids is 1. The largest absolute Gasteiger partial charge is 0.507 e. The number of ether oxygens (including phenoxy) is 1. The Balaban J connectivity index is 2.12. The first-order valence-electron chi connectivity index (χ1n) is 8.19. The zero-order chi connectivity index (χ0) is 18.0. The lowest BCUT2D eigenvalue weighted by molar-refractivity contribution is 0.0731. The van der Waals surface area contributed by atoms with E-state index in [1.54, 1.807) is 30.3 Å². The zero-order valence-corrected chi connectivity index (χ0v) is 15.1. The second-order valence-electron chi connectivity index (χ2n) is 8.05. The molecule has 0 aliphatic rings. The van der Waals surface area contributed by atoms with Crippen molar-refractivity contribution in [3.05, 3.63) is 59.7 Å². The van der Waals surface area contributed by atoms with Crippen molar-refractivity contribution >= 4 is 5.97 Å². The van der Waals surface area contributed by atoms with Gasteiger partial charge in [-0.25, -0.2) is 4.79 Å². The summed E-state index contributed by atoms with van der Waals surface area (Å²) in [5.41, 5.74) is 1.65. The van der Waals surface area contributed by atoms with Crippen LogP contribution in [0.2, 0.25) is 0 Å². The van der Waals surface area contributed by atoms with Gasteiger partial charge in [0.1, 0.15) is 17.1 Å². The first-order valence-corrected chi connectivity index (χ1v) is 8.19. The third-order valence-corrected chi connectivity index (χ3v) is 3.94. The minimum atomic E-state index is -0.560. The highest BCUT2D eigenvalue weighted by Gasteiger charge is 2.27. The van der Waals surface area contributed by atoms with E-state index in [1.165, 1.54) is 11.6 Å². The van der Waals surface area contributed by atoms with Crippen molar-refractivity contribution in [3.8, 4) is 11.5 Å². The molecule has 0 radical (unpaired) electrons. The number of esters is 1. The molecule has 0 atom stereocenters. The summed E-state index contributed by atoms with van der Waals surface area (Å²) >= 11 is 0. The van der Waals surface area contributed by atoms with Crippen LogP contribution in [0.3, 0.4) is 0 Å². The fourth-order valence-corrected chi connectivity index (χ4v) is 3.21. The highest BCUT2D eigenvalue weighted by molar-refractivity contribution is 5.93. The van der Waals surface area contributed by atoms with Crippen LogP contribution < -0.4 is 4.74 Å². The van der Waals surface area contributed by atoms with E-state index in [4.69, 9.17) is 4.74 Å². The van der Waals surface area contributed by atoms with Gasteiger partial charge >= 0.3 is 5.97 Å². The number of hydrogen-bond donors (Lipinski definition) is 1. The summed E-state index contributed by atoms with van der Waals surface area (Å²) in [4.78, 5) is 12.1. The normalized spacial score (nSPS) is 12.0. The minimum absolute atomic E-state index is 0.0402. The molecule has 0 amide bonds. The fourth-order valence-electron chi connectivity index (χ4n) is 3.21. The average molecular weight is 326 g/mol. The molecule has 0 spiro atoms. The van der Waals surface area contributed by atoms with Crippen molar-refractivity contribution in [2.24, 2.45) is 5.41 Å². The standard InChI is InChI=1S/C21H26O3/c1-20(2,3)14-21(4,5)15-10-12-16(13-11-15)24-19(23)17-8-6-7-9-18(17)22/h6-13,22H,14H2,1-5H3. The molecule has 0 bridgehead atoms. The molecule has 24 heavy (non-hydrogen) atoms. The predicted molar refractivity (Wildman–Crippen MR) is 96.6 cm³/mol. The molecular weight excluding hydrogens is 300 g/mol. The monoisotopic (exact) mass is 326 g/mol. The van der Waals surface area contributed by atoms with E-state index in [9.17, 15) is 9.90 Å². The van der Waals surface area contributed by atoms with E-state index in [2.05, 4.69) is 34.6 Å². The quantitative estimate of drug-likeness (QED) is 0.610. The maximum absolute atomic E-state index is 12.1. The third-order valence-electron chi connectivity index (χ3n) is 3.94. The van der Waals surface area contributed by atoms with Gasteiger partial charge in [-0.3, -0.25) is 0 Å². The lowest BCUT2D eigenvalue weighted by atomic mass is 9.72. The first kappa shape index (κ1) is 18.1.